The summed E-state index contributed by atoms with van der Waals surface area (Å²) >= 11 is 0. The molecule has 0 saturated heterocycles. The van der Waals surface area contributed by atoms with Crippen LogP contribution in [0.25, 0.3) is 0 Å². The molecule has 0 aliphatic rings. The number of hydrogen-bond acceptors (Lipinski definition) is 7. The van der Waals surface area contributed by atoms with Crippen LogP contribution in [0, 0.1) is 5.92 Å². The zero-order chi connectivity index (χ0) is 35.6. The lowest BCUT2D eigenvalue weighted by atomic mass is 9.97. The molecule has 0 radical (unpaired) electrons. The summed E-state index contributed by atoms with van der Waals surface area (Å²) in [5, 5.41) is 0. The summed E-state index contributed by atoms with van der Waals surface area (Å²) in [6, 6.07) is 0. The maximum absolute atomic E-state index is 13.1. The molecule has 0 bridgehead atoms. The van der Waals surface area contributed by atoms with Crippen molar-refractivity contribution in [1.29, 1.82) is 0 Å². The Morgan fingerprint density at radius 2 is 1.02 bits per heavy atom. The van der Waals surface area contributed by atoms with Crippen LogP contribution in [0.1, 0.15) is 207 Å². The Labute approximate surface area is 297 Å². The first-order valence-corrected chi connectivity index (χ1v) is 22.0. The highest BCUT2D eigenvalue weighted by Gasteiger charge is 2.34. The van der Waals surface area contributed by atoms with E-state index in [1.54, 1.807) is 6.92 Å². The lowest BCUT2D eigenvalue weighted by Gasteiger charge is -2.27. The predicted molar refractivity (Wildman–Crippen MR) is 201 cm³/mol. The van der Waals surface area contributed by atoms with Crippen molar-refractivity contribution in [3.05, 3.63) is 0 Å². The van der Waals surface area contributed by atoms with Crippen molar-refractivity contribution in [2.45, 2.75) is 220 Å². The molecule has 288 valence electrons. The fourth-order valence-corrected chi connectivity index (χ4v) is 6.98. The number of phosphoric acid groups is 1. The number of hydrogen-bond donors (Lipinski definition) is 2. The minimum Gasteiger partial charge on any atom is -0.432 e. The van der Waals surface area contributed by atoms with Crippen LogP contribution in [-0.4, -0.2) is 43.0 Å². The lowest BCUT2D eigenvalue weighted by molar-refractivity contribution is -0.192. The van der Waals surface area contributed by atoms with Crippen LogP contribution in [-0.2, 0) is 27.9 Å². The van der Waals surface area contributed by atoms with Gasteiger partial charge in [-0.3, -0.25) is 9.32 Å². The first kappa shape index (κ1) is 47.5. The van der Waals surface area contributed by atoms with Gasteiger partial charge in [0, 0.05) is 13.2 Å². The average molecular weight is 706 g/mol. The second-order valence-electron chi connectivity index (χ2n) is 14.0. The SMILES string of the molecule is CCCCCCCCCCCCCCCCO[C@H](C)C(OC(=O)C(CC)CCCCCCCCCCCCCC)OP(=O)(O)OCCN. The summed E-state index contributed by atoms with van der Waals surface area (Å²) in [5.74, 6) is -0.711. The highest BCUT2D eigenvalue weighted by atomic mass is 31.2. The van der Waals surface area contributed by atoms with Crippen LogP contribution < -0.4 is 5.73 Å². The molecule has 0 rings (SSSR count). The van der Waals surface area contributed by atoms with Crippen LogP contribution in [0.3, 0.4) is 0 Å². The van der Waals surface area contributed by atoms with Crippen molar-refractivity contribution in [2.75, 3.05) is 19.8 Å². The highest BCUT2D eigenvalue weighted by Crippen LogP contribution is 2.45. The number of esters is 1. The third-order valence-corrected chi connectivity index (χ3v) is 10.3. The van der Waals surface area contributed by atoms with Gasteiger partial charge >= 0.3 is 13.8 Å². The summed E-state index contributed by atoms with van der Waals surface area (Å²) in [7, 11) is -4.48. The molecule has 3 N–H and O–H groups in total. The zero-order valence-corrected chi connectivity index (χ0v) is 33.0. The molecule has 9 heteroatoms. The van der Waals surface area contributed by atoms with Crippen LogP contribution in [0.2, 0.25) is 0 Å². The third kappa shape index (κ3) is 30.3. The van der Waals surface area contributed by atoms with Gasteiger partial charge in [-0.05, 0) is 26.2 Å². The van der Waals surface area contributed by atoms with E-state index >= 15 is 0 Å². The maximum Gasteiger partial charge on any atom is 0.475 e. The van der Waals surface area contributed by atoms with E-state index in [9.17, 15) is 14.3 Å². The van der Waals surface area contributed by atoms with Gasteiger partial charge in [-0.25, -0.2) is 9.09 Å². The molecule has 0 amide bonds. The largest absolute Gasteiger partial charge is 0.475 e. The van der Waals surface area contributed by atoms with Crippen molar-refractivity contribution < 1.29 is 32.8 Å². The second-order valence-corrected chi connectivity index (χ2v) is 15.4. The van der Waals surface area contributed by atoms with E-state index in [4.69, 9.17) is 24.3 Å². The van der Waals surface area contributed by atoms with Crippen LogP contribution in [0.15, 0.2) is 0 Å². The number of ether oxygens (including phenoxy) is 2. The molecule has 0 aromatic rings. The van der Waals surface area contributed by atoms with E-state index in [-0.39, 0.29) is 19.1 Å². The molecule has 4 atom stereocenters. The molecule has 0 heterocycles. The van der Waals surface area contributed by atoms with Gasteiger partial charge in [0.05, 0.1) is 12.5 Å². The van der Waals surface area contributed by atoms with Gasteiger partial charge in [0.15, 0.2) is 0 Å². The molecule has 8 nitrogen and oxygen atoms in total. The Bertz CT molecular complexity index is 741. The number of rotatable bonds is 38. The van der Waals surface area contributed by atoms with Crippen LogP contribution in [0.5, 0.6) is 0 Å². The molecule has 3 unspecified atom stereocenters. The number of carbonyl (C=O) groups excluding carboxylic acids is 1. The van der Waals surface area contributed by atoms with Crippen LogP contribution >= 0.6 is 7.82 Å². The first-order chi connectivity index (χ1) is 23.3. The Hall–Kier alpha value is -0.500. The van der Waals surface area contributed by atoms with Gasteiger partial charge in [-0.1, -0.05) is 181 Å². The van der Waals surface area contributed by atoms with Crippen LogP contribution in [0.4, 0.5) is 0 Å². The molecular formula is C39H80NO7P. The fourth-order valence-electron chi connectivity index (χ4n) is 6.11. The van der Waals surface area contributed by atoms with E-state index in [1.807, 2.05) is 6.92 Å². The average Bonchev–Trinajstić information content (AvgIpc) is 3.07. The zero-order valence-electron chi connectivity index (χ0n) is 32.1. The van der Waals surface area contributed by atoms with Gasteiger partial charge in [0.1, 0.15) is 6.10 Å². The van der Waals surface area contributed by atoms with Gasteiger partial charge in [-0.2, -0.15) is 0 Å². The molecule has 0 spiro atoms. The number of nitrogens with two attached hydrogens (primary N) is 1. The summed E-state index contributed by atoms with van der Waals surface area (Å²) in [6.07, 6.45) is 32.4. The molecule has 0 aliphatic heterocycles. The summed E-state index contributed by atoms with van der Waals surface area (Å²) in [5.41, 5.74) is 5.43. The molecule has 0 saturated carbocycles. The molecule has 0 aromatic carbocycles. The van der Waals surface area contributed by atoms with Crippen molar-refractivity contribution in [1.82, 2.24) is 0 Å². The Balaban J connectivity index is 4.40. The molecular weight excluding hydrogens is 625 g/mol. The first-order valence-electron chi connectivity index (χ1n) is 20.5. The Morgan fingerprint density at radius 1 is 0.625 bits per heavy atom. The van der Waals surface area contributed by atoms with Gasteiger partial charge in [0.2, 0.25) is 6.29 Å². The molecule has 0 aromatic heterocycles. The standard InChI is InChI=1S/C39H80NO7P/c1-5-8-10-12-14-16-18-20-21-23-25-27-29-31-34-44-36(4)39(47-48(42,43)45-35-33-40)46-38(41)37(7-3)32-30-28-26-24-22-19-17-15-13-11-9-6-2/h36-37,39H,5-35,40H2,1-4H3,(H,42,43)/t36-,37?,39?/m1/s1. The smallest absolute Gasteiger partial charge is 0.432 e. The van der Waals surface area contributed by atoms with E-state index in [1.165, 1.54) is 141 Å². The quantitative estimate of drug-likeness (QED) is 0.0282. The monoisotopic (exact) mass is 706 g/mol. The van der Waals surface area contributed by atoms with E-state index in [0.29, 0.717) is 13.0 Å². The van der Waals surface area contributed by atoms with Gasteiger partial charge in [0.25, 0.3) is 0 Å². The number of phosphoric ester groups is 1. The van der Waals surface area contributed by atoms with E-state index in [0.717, 1.165) is 32.1 Å². The van der Waals surface area contributed by atoms with E-state index < -0.39 is 26.2 Å². The van der Waals surface area contributed by atoms with Crippen molar-refractivity contribution in [3.63, 3.8) is 0 Å². The summed E-state index contributed by atoms with van der Waals surface area (Å²) in [4.78, 5) is 23.4. The van der Waals surface area contributed by atoms with Crippen molar-refractivity contribution in [3.8, 4) is 0 Å². The number of unbranched alkanes of at least 4 members (excludes halogenated alkanes) is 24. The predicted octanol–water partition coefficient (Wildman–Crippen LogP) is 12.0. The summed E-state index contributed by atoms with van der Waals surface area (Å²) < 4.78 is 34.4. The normalized spacial score (nSPS) is 14.9. The Morgan fingerprint density at radius 3 is 1.42 bits per heavy atom. The van der Waals surface area contributed by atoms with Gasteiger partial charge in [-0.15, -0.1) is 0 Å². The topological polar surface area (TPSA) is 117 Å². The third-order valence-electron chi connectivity index (χ3n) is 9.34. The lowest BCUT2D eigenvalue weighted by Crippen LogP contribution is -2.35. The van der Waals surface area contributed by atoms with E-state index in [2.05, 4.69) is 13.8 Å². The summed E-state index contributed by atoms with van der Waals surface area (Å²) in [6.45, 7) is 8.59. The molecule has 48 heavy (non-hydrogen) atoms. The number of carbonyl (C=O) groups is 1. The van der Waals surface area contributed by atoms with Crippen molar-refractivity contribution >= 4 is 13.8 Å². The Kier molecular flexibility index (Phi) is 34.6. The highest BCUT2D eigenvalue weighted by molar-refractivity contribution is 7.47. The van der Waals surface area contributed by atoms with Gasteiger partial charge < -0.3 is 20.1 Å². The maximum atomic E-state index is 13.1. The second kappa shape index (κ2) is 34.9. The molecule has 0 aliphatic carbocycles. The fraction of sp³-hybridized carbons (Fsp3) is 0.974. The molecule has 0 fully saturated rings. The minimum atomic E-state index is -4.48. The minimum absolute atomic E-state index is 0.0699. The van der Waals surface area contributed by atoms with Crippen molar-refractivity contribution in [2.24, 2.45) is 11.7 Å².